The number of nitrogens with two attached hydrogens (primary N) is 1. The van der Waals surface area contributed by atoms with Gasteiger partial charge in [0.15, 0.2) is 0 Å². The number of carbonyl (C=O) groups is 1. The zero-order valence-corrected chi connectivity index (χ0v) is 16.7. The number of rotatable bonds is 6. The molecule has 0 aliphatic heterocycles. The summed E-state index contributed by atoms with van der Waals surface area (Å²) in [5.41, 5.74) is 7.69. The van der Waals surface area contributed by atoms with E-state index in [4.69, 9.17) is 5.73 Å². The highest BCUT2D eigenvalue weighted by Gasteiger charge is 2.31. The van der Waals surface area contributed by atoms with Gasteiger partial charge in [0.2, 0.25) is 0 Å². The normalized spacial score (nSPS) is 12.8. The number of nitrogens with one attached hydrogen (secondary N) is 2. The molecule has 8 heteroatoms. The van der Waals surface area contributed by atoms with E-state index in [1.807, 2.05) is 0 Å². The van der Waals surface area contributed by atoms with Crippen molar-refractivity contribution in [3.05, 3.63) is 63.5 Å². The van der Waals surface area contributed by atoms with Gasteiger partial charge in [0, 0.05) is 23.0 Å². The molecule has 0 aliphatic rings. The first kappa shape index (κ1) is 20.2. The molecule has 0 spiro atoms. The molecular formula is C20H23FN4O2S. The maximum Gasteiger partial charge on any atom is 0.268 e. The summed E-state index contributed by atoms with van der Waals surface area (Å²) in [4.78, 5) is 20.8. The fourth-order valence-electron chi connectivity index (χ4n) is 2.76. The number of hydrogen-bond donors (Lipinski definition) is 4. The summed E-state index contributed by atoms with van der Waals surface area (Å²) < 4.78 is 13.8. The standard InChI is InChI=1S/C20H23FN4O2S/c1-11-4-5-12(8-14(11)21)15-6-7-16(24-15)18(27)25-17(20(2,3)22)19-23-9-13(10-26)28-19/h4-9,17,24,26H,10,22H2,1-3H3,(H,25,27). The van der Waals surface area contributed by atoms with Gasteiger partial charge >= 0.3 is 0 Å². The number of aromatic amines is 1. The Balaban J connectivity index is 1.82. The number of nitrogens with zero attached hydrogens (tertiary/aromatic N) is 1. The van der Waals surface area contributed by atoms with Gasteiger partial charge in [0.25, 0.3) is 5.91 Å². The lowest BCUT2D eigenvalue weighted by molar-refractivity contribution is 0.0914. The van der Waals surface area contributed by atoms with Gasteiger partial charge in [-0.15, -0.1) is 11.3 Å². The molecule has 0 bridgehead atoms. The van der Waals surface area contributed by atoms with E-state index in [9.17, 15) is 14.3 Å². The second-order valence-corrected chi connectivity index (χ2v) is 8.45. The van der Waals surface area contributed by atoms with Crippen LogP contribution in [0.25, 0.3) is 11.3 Å². The zero-order chi connectivity index (χ0) is 20.5. The van der Waals surface area contributed by atoms with Crippen LogP contribution < -0.4 is 11.1 Å². The molecule has 28 heavy (non-hydrogen) atoms. The molecule has 2 aromatic heterocycles. The van der Waals surface area contributed by atoms with Gasteiger partial charge in [-0.2, -0.15) is 0 Å². The Hall–Kier alpha value is -2.55. The van der Waals surface area contributed by atoms with Gasteiger partial charge in [0.1, 0.15) is 16.5 Å². The van der Waals surface area contributed by atoms with E-state index >= 15 is 0 Å². The summed E-state index contributed by atoms with van der Waals surface area (Å²) in [7, 11) is 0. The molecule has 0 saturated carbocycles. The van der Waals surface area contributed by atoms with Gasteiger partial charge in [-0.1, -0.05) is 12.1 Å². The van der Waals surface area contributed by atoms with Gasteiger partial charge in [-0.3, -0.25) is 4.79 Å². The molecule has 1 unspecified atom stereocenters. The topological polar surface area (TPSA) is 104 Å². The van der Waals surface area contributed by atoms with Crippen molar-refractivity contribution in [2.24, 2.45) is 5.73 Å². The molecule has 2 heterocycles. The number of halogens is 1. The highest BCUT2D eigenvalue weighted by molar-refractivity contribution is 7.11. The predicted molar refractivity (Wildman–Crippen MR) is 107 cm³/mol. The van der Waals surface area contributed by atoms with E-state index in [-0.39, 0.29) is 18.3 Å². The molecule has 1 aromatic carbocycles. The second-order valence-electron chi connectivity index (χ2n) is 7.30. The maximum atomic E-state index is 13.8. The molecule has 5 N–H and O–H groups in total. The van der Waals surface area contributed by atoms with Crippen LogP contribution in [0.5, 0.6) is 0 Å². The van der Waals surface area contributed by atoms with Crippen molar-refractivity contribution in [1.29, 1.82) is 0 Å². The lowest BCUT2D eigenvalue weighted by atomic mass is 9.96. The highest BCUT2D eigenvalue weighted by Crippen LogP contribution is 2.28. The maximum absolute atomic E-state index is 13.8. The number of H-pyrrole nitrogens is 1. The third kappa shape index (κ3) is 4.30. The Morgan fingerprint density at radius 3 is 2.75 bits per heavy atom. The largest absolute Gasteiger partial charge is 0.391 e. The second kappa shape index (κ2) is 7.83. The van der Waals surface area contributed by atoms with Gasteiger partial charge in [-0.05, 0) is 44.5 Å². The molecular weight excluding hydrogens is 379 g/mol. The summed E-state index contributed by atoms with van der Waals surface area (Å²) in [5.74, 6) is -0.644. The van der Waals surface area contributed by atoms with Crippen molar-refractivity contribution < 1.29 is 14.3 Å². The first-order valence-electron chi connectivity index (χ1n) is 8.80. The third-order valence-electron chi connectivity index (χ3n) is 4.41. The van der Waals surface area contributed by atoms with Crippen molar-refractivity contribution in [2.45, 2.75) is 39.0 Å². The number of hydrogen-bond acceptors (Lipinski definition) is 5. The minimum absolute atomic E-state index is 0.115. The smallest absolute Gasteiger partial charge is 0.268 e. The van der Waals surface area contributed by atoms with Crippen LogP contribution in [0.2, 0.25) is 0 Å². The van der Waals surface area contributed by atoms with Gasteiger partial charge < -0.3 is 21.1 Å². The zero-order valence-electron chi connectivity index (χ0n) is 15.9. The van der Waals surface area contributed by atoms with Crippen LogP contribution in [0, 0.1) is 12.7 Å². The quantitative estimate of drug-likeness (QED) is 0.508. The van der Waals surface area contributed by atoms with Crippen molar-refractivity contribution in [2.75, 3.05) is 0 Å². The molecule has 3 aromatic rings. The van der Waals surface area contributed by atoms with E-state index in [1.54, 1.807) is 51.2 Å². The minimum atomic E-state index is -0.768. The number of aryl methyl sites for hydroxylation is 1. The first-order chi connectivity index (χ1) is 13.2. The number of aromatic nitrogens is 2. The summed E-state index contributed by atoms with van der Waals surface area (Å²) >= 11 is 1.30. The van der Waals surface area contributed by atoms with Crippen LogP contribution in [0.15, 0.2) is 36.5 Å². The predicted octanol–water partition coefficient (Wildman–Crippen LogP) is 3.29. The van der Waals surface area contributed by atoms with Crippen molar-refractivity contribution in [1.82, 2.24) is 15.3 Å². The fourth-order valence-corrected chi connectivity index (χ4v) is 3.78. The molecule has 148 valence electrons. The number of aliphatic hydroxyl groups excluding tert-OH is 1. The van der Waals surface area contributed by atoms with Crippen LogP contribution in [-0.2, 0) is 6.61 Å². The van der Waals surface area contributed by atoms with Crippen molar-refractivity contribution in [3.8, 4) is 11.3 Å². The Kier molecular flexibility index (Phi) is 5.64. The van der Waals surface area contributed by atoms with Crippen LogP contribution in [0.1, 0.15) is 45.8 Å². The molecule has 0 saturated heterocycles. The van der Waals surface area contributed by atoms with Crippen molar-refractivity contribution in [3.63, 3.8) is 0 Å². The third-order valence-corrected chi connectivity index (χ3v) is 5.45. The van der Waals surface area contributed by atoms with Crippen LogP contribution >= 0.6 is 11.3 Å². The number of thiazole rings is 1. The van der Waals surface area contributed by atoms with E-state index in [1.165, 1.54) is 17.4 Å². The Bertz CT molecular complexity index is 990. The monoisotopic (exact) mass is 402 g/mol. The van der Waals surface area contributed by atoms with Crippen LogP contribution in [-0.4, -0.2) is 26.5 Å². The molecule has 3 rings (SSSR count). The number of amides is 1. The minimum Gasteiger partial charge on any atom is -0.391 e. The molecule has 1 atom stereocenters. The number of benzene rings is 1. The van der Waals surface area contributed by atoms with Crippen molar-refractivity contribution >= 4 is 17.2 Å². The molecule has 0 aliphatic carbocycles. The number of carbonyl (C=O) groups excluding carboxylic acids is 1. The van der Waals surface area contributed by atoms with Crippen LogP contribution in [0.4, 0.5) is 4.39 Å². The fraction of sp³-hybridized carbons (Fsp3) is 0.300. The molecule has 6 nitrogen and oxygen atoms in total. The summed E-state index contributed by atoms with van der Waals surface area (Å²) in [6, 6.07) is 7.76. The Morgan fingerprint density at radius 1 is 1.39 bits per heavy atom. The lowest BCUT2D eigenvalue weighted by Crippen LogP contribution is -2.48. The average molecular weight is 402 g/mol. The van der Waals surface area contributed by atoms with E-state index in [0.29, 0.717) is 32.4 Å². The van der Waals surface area contributed by atoms with E-state index < -0.39 is 11.6 Å². The van der Waals surface area contributed by atoms with Gasteiger partial charge in [-0.25, -0.2) is 9.37 Å². The Morgan fingerprint density at radius 2 is 2.14 bits per heavy atom. The first-order valence-corrected chi connectivity index (χ1v) is 9.61. The van der Waals surface area contributed by atoms with Gasteiger partial charge in [0.05, 0.1) is 17.5 Å². The van der Waals surface area contributed by atoms with E-state index in [2.05, 4.69) is 15.3 Å². The SMILES string of the molecule is Cc1ccc(-c2ccc(C(=O)NC(c3ncc(CO)s3)C(C)(C)N)[nH]2)cc1F. The summed E-state index contributed by atoms with van der Waals surface area (Å²) in [6.45, 7) is 5.18. The van der Waals surface area contributed by atoms with E-state index in [0.717, 1.165) is 0 Å². The summed E-state index contributed by atoms with van der Waals surface area (Å²) in [6.07, 6.45) is 1.57. The van der Waals surface area contributed by atoms with Crippen LogP contribution in [0.3, 0.4) is 0 Å². The summed E-state index contributed by atoms with van der Waals surface area (Å²) in [5, 5.41) is 12.8. The molecule has 1 amide bonds. The molecule has 0 radical (unpaired) electrons. The highest BCUT2D eigenvalue weighted by atomic mass is 32.1. The molecule has 0 fully saturated rings. The average Bonchev–Trinajstić information content (AvgIpc) is 3.30. The number of aliphatic hydroxyl groups is 1. The Labute approximate surface area is 166 Å². The lowest BCUT2D eigenvalue weighted by Gasteiger charge is -2.29.